The molecule has 0 aromatic heterocycles. The molecular weight excluding hydrogens is 402 g/mol. The number of anilines is 1. The first-order valence-corrected chi connectivity index (χ1v) is 11.7. The number of nitrogens with one attached hydrogen (secondary N) is 1. The molecule has 32 heavy (non-hydrogen) atoms. The van der Waals surface area contributed by atoms with Crippen molar-refractivity contribution in [2.45, 2.75) is 39.2 Å². The summed E-state index contributed by atoms with van der Waals surface area (Å²) < 4.78 is 4.98. The predicted molar refractivity (Wildman–Crippen MR) is 126 cm³/mol. The molecule has 1 fully saturated rings. The number of amides is 2. The number of rotatable bonds is 6. The normalized spacial score (nSPS) is 18.7. The van der Waals surface area contributed by atoms with Gasteiger partial charge in [0, 0.05) is 38.4 Å². The van der Waals surface area contributed by atoms with E-state index in [4.69, 9.17) is 4.74 Å². The van der Waals surface area contributed by atoms with Gasteiger partial charge >= 0.3 is 12.0 Å². The number of hydrogen-bond acceptors (Lipinski definition) is 4. The fourth-order valence-electron chi connectivity index (χ4n) is 4.76. The first-order valence-electron chi connectivity index (χ1n) is 11.7. The molecule has 2 aromatic rings. The van der Waals surface area contributed by atoms with Crippen molar-refractivity contribution in [2.75, 3.05) is 38.1 Å². The summed E-state index contributed by atoms with van der Waals surface area (Å²) in [5, 5.41) is 3.01. The Morgan fingerprint density at radius 2 is 1.84 bits per heavy atom. The van der Waals surface area contributed by atoms with Gasteiger partial charge in [0.1, 0.15) is 0 Å². The van der Waals surface area contributed by atoms with Crippen molar-refractivity contribution >= 4 is 17.7 Å². The number of urea groups is 1. The van der Waals surface area contributed by atoms with Gasteiger partial charge in [0.2, 0.25) is 0 Å². The van der Waals surface area contributed by atoms with Gasteiger partial charge in [0.05, 0.1) is 13.0 Å². The van der Waals surface area contributed by atoms with Gasteiger partial charge in [0.15, 0.2) is 0 Å². The Balaban J connectivity index is 1.27. The van der Waals surface area contributed by atoms with E-state index in [0.29, 0.717) is 12.5 Å². The van der Waals surface area contributed by atoms with E-state index >= 15 is 0 Å². The maximum Gasteiger partial charge on any atom is 0.321 e. The van der Waals surface area contributed by atoms with Gasteiger partial charge in [-0.3, -0.25) is 9.69 Å². The smallest absolute Gasteiger partial charge is 0.321 e. The van der Waals surface area contributed by atoms with E-state index in [1.54, 1.807) is 6.92 Å². The number of esters is 1. The van der Waals surface area contributed by atoms with Crippen LogP contribution in [0.1, 0.15) is 36.5 Å². The van der Waals surface area contributed by atoms with Gasteiger partial charge in [0.25, 0.3) is 0 Å². The van der Waals surface area contributed by atoms with Crippen molar-refractivity contribution in [3.8, 4) is 0 Å². The highest BCUT2D eigenvalue weighted by molar-refractivity contribution is 5.89. The highest BCUT2D eigenvalue weighted by Crippen LogP contribution is 2.23. The summed E-state index contributed by atoms with van der Waals surface area (Å²) in [5.74, 6) is 0.271. The number of piperidine rings is 1. The summed E-state index contributed by atoms with van der Waals surface area (Å²) in [6.45, 7) is 6.93. The number of carbonyl (C=O) groups is 2. The van der Waals surface area contributed by atoms with Crippen LogP contribution in [0.5, 0.6) is 0 Å². The zero-order chi connectivity index (χ0) is 22.3. The SMILES string of the molecule is CCOC(=O)Cc1ccc(NC(=O)N2CCC[C@H](CN3CCc4ccccc4C3)C2)cc1. The fraction of sp³-hybridized carbons (Fsp3) is 0.462. The molecule has 1 saturated heterocycles. The van der Waals surface area contributed by atoms with Gasteiger partial charge in [-0.25, -0.2) is 4.79 Å². The van der Waals surface area contributed by atoms with E-state index in [9.17, 15) is 9.59 Å². The molecule has 2 amide bonds. The summed E-state index contributed by atoms with van der Waals surface area (Å²) >= 11 is 0. The predicted octanol–water partition coefficient (Wildman–Crippen LogP) is 4.09. The minimum Gasteiger partial charge on any atom is -0.466 e. The summed E-state index contributed by atoms with van der Waals surface area (Å²) in [4.78, 5) is 28.9. The number of ether oxygens (including phenoxy) is 1. The van der Waals surface area contributed by atoms with Crippen molar-refractivity contribution in [2.24, 2.45) is 5.92 Å². The fourth-order valence-corrected chi connectivity index (χ4v) is 4.76. The third kappa shape index (κ3) is 5.88. The van der Waals surface area contributed by atoms with Crippen LogP contribution in [0.4, 0.5) is 10.5 Å². The Labute approximate surface area is 190 Å². The van der Waals surface area contributed by atoms with Crippen molar-refractivity contribution in [1.82, 2.24) is 9.80 Å². The first-order chi connectivity index (χ1) is 15.6. The molecule has 0 saturated carbocycles. The van der Waals surface area contributed by atoms with Crippen LogP contribution in [0.25, 0.3) is 0 Å². The quantitative estimate of drug-likeness (QED) is 0.694. The van der Waals surface area contributed by atoms with Crippen LogP contribution in [-0.2, 0) is 28.9 Å². The second-order valence-corrected chi connectivity index (χ2v) is 8.82. The molecule has 170 valence electrons. The minimum absolute atomic E-state index is 0.0446. The standard InChI is InChI=1S/C26H33N3O3/c1-2-32-25(30)16-20-9-11-24(12-10-20)27-26(31)29-14-5-6-21(18-29)17-28-15-13-22-7-3-4-8-23(22)19-28/h3-4,7-12,21H,2,5-6,13-19H2,1H3,(H,27,31)/t21-/m1/s1. The maximum absolute atomic E-state index is 12.8. The minimum atomic E-state index is -0.235. The molecule has 0 aliphatic carbocycles. The van der Waals surface area contributed by atoms with Crippen molar-refractivity contribution < 1.29 is 14.3 Å². The molecule has 2 aliphatic rings. The van der Waals surface area contributed by atoms with Crippen LogP contribution in [0.2, 0.25) is 0 Å². The molecule has 4 rings (SSSR count). The lowest BCUT2D eigenvalue weighted by atomic mass is 9.95. The Hall–Kier alpha value is -2.86. The monoisotopic (exact) mass is 435 g/mol. The number of benzene rings is 2. The molecule has 1 N–H and O–H groups in total. The molecule has 2 aliphatic heterocycles. The summed E-state index contributed by atoms with van der Waals surface area (Å²) in [7, 11) is 0. The second-order valence-electron chi connectivity index (χ2n) is 8.82. The van der Waals surface area contributed by atoms with Gasteiger partial charge < -0.3 is 15.0 Å². The molecule has 2 aromatic carbocycles. The third-order valence-corrected chi connectivity index (χ3v) is 6.39. The number of carbonyl (C=O) groups excluding carboxylic acids is 2. The largest absolute Gasteiger partial charge is 0.466 e. The third-order valence-electron chi connectivity index (χ3n) is 6.39. The van der Waals surface area contributed by atoms with E-state index in [1.807, 2.05) is 29.2 Å². The van der Waals surface area contributed by atoms with Gasteiger partial charge in [-0.15, -0.1) is 0 Å². The highest BCUT2D eigenvalue weighted by atomic mass is 16.5. The molecule has 1 atom stereocenters. The number of hydrogen-bond donors (Lipinski definition) is 1. The van der Waals surface area contributed by atoms with Gasteiger partial charge in [-0.2, -0.15) is 0 Å². The average molecular weight is 436 g/mol. The van der Waals surface area contributed by atoms with Crippen molar-refractivity contribution in [3.05, 3.63) is 65.2 Å². The molecule has 2 heterocycles. The summed E-state index contributed by atoms with van der Waals surface area (Å²) in [6, 6.07) is 16.1. The van der Waals surface area contributed by atoms with Crippen molar-refractivity contribution in [3.63, 3.8) is 0 Å². The molecule has 0 unspecified atom stereocenters. The maximum atomic E-state index is 12.8. The van der Waals surface area contributed by atoms with E-state index in [-0.39, 0.29) is 18.4 Å². The zero-order valence-electron chi connectivity index (χ0n) is 18.9. The zero-order valence-corrected chi connectivity index (χ0v) is 18.9. The van der Waals surface area contributed by atoms with Gasteiger partial charge in [-0.05, 0) is 60.9 Å². The number of fused-ring (bicyclic) bond motifs is 1. The van der Waals surface area contributed by atoms with E-state index in [1.165, 1.54) is 17.5 Å². The van der Waals surface area contributed by atoms with Gasteiger partial charge in [-0.1, -0.05) is 36.4 Å². The Morgan fingerprint density at radius 1 is 1.06 bits per heavy atom. The van der Waals surface area contributed by atoms with Crippen molar-refractivity contribution in [1.29, 1.82) is 0 Å². The Kier molecular flexibility index (Phi) is 7.43. The lowest BCUT2D eigenvalue weighted by Gasteiger charge is -2.37. The molecule has 0 radical (unpaired) electrons. The van der Waals surface area contributed by atoms with Crippen LogP contribution >= 0.6 is 0 Å². The lowest BCUT2D eigenvalue weighted by molar-refractivity contribution is -0.142. The Morgan fingerprint density at radius 3 is 2.62 bits per heavy atom. The van der Waals surface area contributed by atoms with Crippen LogP contribution in [0, 0.1) is 5.92 Å². The van der Waals surface area contributed by atoms with E-state index in [2.05, 4.69) is 34.5 Å². The molecule has 0 spiro atoms. The second kappa shape index (κ2) is 10.6. The average Bonchev–Trinajstić information content (AvgIpc) is 2.80. The Bertz CT molecular complexity index is 928. The number of nitrogens with zero attached hydrogens (tertiary/aromatic N) is 2. The number of likely N-dealkylation sites (tertiary alicyclic amines) is 1. The van der Waals surface area contributed by atoms with Crippen LogP contribution in [0.3, 0.4) is 0 Å². The molecule has 6 heteroatoms. The van der Waals surface area contributed by atoms with E-state index in [0.717, 1.165) is 56.8 Å². The lowest BCUT2D eigenvalue weighted by Crippen LogP contribution is -2.46. The highest BCUT2D eigenvalue weighted by Gasteiger charge is 2.26. The topological polar surface area (TPSA) is 61.9 Å². The van der Waals surface area contributed by atoms with E-state index < -0.39 is 0 Å². The molecule has 0 bridgehead atoms. The summed E-state index contributed by atoms with van der Waals surface area (Å²) in [5.41, 5.74) is 4.54. The summed E-state index contributed by atoms with van der Waals surface area (Å²) in [6.07, 6.45) is 3.57. The van der Waals surface area contributed by atoms with Crippen LogP contribution in [-0.4, -0.2) is 54.6 Å². The molecular formula is C26H33N3O3. The first kappa shape index (κ1) is 22.3. The van der Waals surface area contributed by atoms with Crippen LogP contribution in [0.15, 0.2) is 48.5 Å². The van der Waals surface area contributed by atoms with Crippen LogP contribution < -0.4 is 5.32 Å². The molecule has 6 nitrogen and oxygen atoms in total.